The molecule has 13 rings (SSSR count). The van der Waals surface area contributed by atoms with E-state index in [2.05, 4.69) is 217 Å². The van der Waals surface area contributed by atoms with Crippen molar-refractivity contribution in [1.82, 2.24) is 0 Å². The summed E-state index contributed by atoms with van der Waals surface area (Å²) in [4.78, 5) is 2.52. The highest BCUT2D eigenvalue weighted by atomic mass is 15.1. The van der Waals surface area contributed by atoms with Gasteiger partial charge in [-0.2, -0.15) is 0 Å². The fourth-order valence-corrected chi connectivity index (χ4v) is 10.9. The Morgan fingerprint density at radius 3 is 1.38 bits per heavy atom. The lowest BCUT2D eigenvalue weighted by molar-refractivity contribution is 0.729. The van der Waals surface area contributed by atoms with Crippen molar-refractivity contribution in [3.8, 4) is 44.5 Å². The summed E-state index contributed by atoms with van der Waals surface area (Å²) in [5, 5.41) is 0. The van der Waals surface area contributed by atoms with Crippen LogP contribution in [-0.2, 0) is 12.8 Å². The molecule has 0 unspecified atom stereocenters. The molecule has 2 bridgehead atoms. The molecule has 0 saturated carbocycles. The van der Waals surface area contributed by atoms with E-state index >= 15 is 0 Å². The number of benzene rings is 9. The third-order valence-corrected chi connectivity index (χ3v) is 13.6. The molecule has 0 N–H and O–H groups in total. The Kier molecular flexibility index (Phi) is 8.66. The molecule has 0 aliphatic heterocycles. The van der Waals surface area contributed by atoms with Crippen LogP contribution in [0.3, 0.4) is 0 Å². The molecule has 4 aliphatic carbocycles. The lowest BCUT2D eigenvalue weighted by Gasteiger charge is -2.45. The second-order valence-electron chi connectivity index (χ2n) is 17.0. The van der Waals surface area contributed by atoms with Gasteiger partial charge in [-0.25, -0.2) is 0 Å². The molecule has 0 radical (unpaired) electrons. The molecule has 9 aromatic rings. The fraction of sp³-hybridized carbons (Fsp3) is 0.100. The molecule has 0 fully saturated rings. The van der Waals surface area contributed by atoms with Crippen LogP contribution in [0.4, 0.5) is 17.1 Å². The normalized spacial score (nSPS) is 15.6. The Hall–Kier alpha value is -7.22. The van der Waals surface area contributed by atoms with Crippen LogP contribution in [0.1, 0.15) is 69.2 Å². The zero-order chi connectivity index (χ0) is 40.3. The smallest absolute Gasteiger partial charge is 0.0506 e. The third-order valence-electron chi connectivity index (χ3n) is 13.6. The van der Waals surface area contributed by atoms with Crippen molar-refractivity contribution in [2.45, 2.75) is 37.5 Å². The monoisotopic (exact) mass is 779 g/mol. The maximum absolute atomic E-state index is 2.52. The standard InChI is InChI=1S/C60H45N/c1-3-15-40(16-4-1)41-27-32-47(33-28-41)61(48-34-29-42(30-35-48)45-31-36-50-46(39-45)21-8-7-19-43-20-9-10-22-49(43)50)56-38-37-51(44-17-5-2-6-18-44)59-57-52-23-11-13-25-54(52)58(60(56)59)55-26-14-12-24-53(55)57/h1-6,9-18,20,22-39,57-58H,7-8,19,21H2. The summed E-state index contributed by atoms with van der Waals surface area (Å²) >= 11 is 0. The number of hydrogen-bond acceptors (Lipinski definition) is 1. The maximum Gasteiger partial charge on any atom is 0.0506 e. The first kappa shape index (κ1) is 35.7. The zero-order valence-corrected chi connectivity index (χ0v) is 34.1. The van der Waals surface area contributed by atoms with Gasteiger partial charge in [0.25, 0.3) is 0 Å². The van der Waals surface area contributed by atoms with Crippen LogP contribution in [0.15, 0.2) is 212 Å². The van der Waals surface area contributed by atoms with Crippen LogP contribution < -0.4 is 4.90 Å². The first-order chi connectivity index (χ1) is 30.3. The number of anilines is 3. The van der Waals surface area contributed by atoms with Crippen molar-refractivity contribution < 1.29 is 0 Å². The van der Waals surface area contributed by atoms with E-state index in [1.807, 2.05) is 0 Å². The highest BCUT2D eigenvalue weighted by Crippen LogP contribution is 2.61. The lowest BCUT2D eigenvalue weighted by Crippen LogP contribution is -2.30. The van der Waals surface area contributed by atoms with E-state index in [0.717, 1.165) is 24.2 Å². The number of fused-ring (bicyclic) bond motifs is 3. The van der Waals surface area contributed by atoms with E-state index in [9.17, 15) is 0 Å². The Balaban J connectivity index is 1.04. The number of aryl methyl sites for hydroxylation is 2. The summed E-state index contributed by atoms with van der Waals surface area (Å²) in [7, 11) is 0. The minimum absolute atomic E-state index is 0.102. The minimum Gasteiger partial charge on any atom is -0.310 e. The van der Waals surface area contributed by atoms with Gasteiger partial charge >= 0.3 is 0 Å². The Labute approximate surface area is 359 Å². The summed E-state index contributed by atoms with van der Waals surface area (Å²) in [5.74, 6) is 0.238. The zero-order valence-electron chi connectivity index (χ0n) is 34.1. The van der Waals surface area contributed by atoms with Crippen molar-refractivity contribution in [2.24, 2.45) is 0 Å². The molecule has 61 heavy (non-hydrogen) atoms. The Bertz CT molecular complexity index is 3020. The largest absolute Gasteiger partial charge is 0.310 e. The summed E-state index contributed by atoms with van der Waals surface area (Å²) in [6.07, 6.45) is 4.71. The van der Waals surface area contributed by atoms with Gasteiger partial charge in [0.2, 0.25) is 0 Å². The highest BCUT2D eigenvalue weighted by molar-refractivity contribution is 5.89. The third kappa shape index (κ3) is 5.99. The van der Waals surface area contributed by atoms with Crippen molar-refractivity contribution in [1.29, 1.82) is 0 Å². The molecule has 0 saturated heterocycles. The molecule has 0 aromatic heterocycles. The van der Waals surface area contributed by atoms with Crippen molar-refractivity contribution in [3.63, 3.8) is 0 Å². The maximum atomic E-state index is 2.52. The SMILES string of the molecule is c1ccc(-c2ccc(N(c3ccc(-c4ccc5c(c4)CCCCc4ccccc4-5)cc3)c3ccc(-c4ccccc4)c4c3C3c5ccccc5C4c4ccccc43)cc2)cc1. The predicted molar refractivity (Wildman–Crippen MR) is 254 cm³/mol. The van der Waals surface area contributed by atoms with Gasteiger partial charge in [0.15, 0.2) is 0 Å². The van der Waals surface area contributed by atoms with Crippen LogP contribution in [0.2, 0.25) is 0 Å². The van der Waals surface area contributed by atoms with Crippen LogP contribution in [-0.4, -0.2) is 0 Å². The summed E-state index contributed by atoms with van der Waals surface area (Å²) < 4.78 is 0. The topological polar surface area (TPSA) is 3.24 Å². The minimum atomic E-state index is 0.102. The van der Waals surface area contributed by atoms with Crippen molar-refractivity contribution in [3.05, 3.63) is 257 Å². The van der Waals surface area contributed by atoms with E-state index in [4.69, 9.17) is 0 Å². The van der Waals surface area contributed by atoms with Gasteiger partial charge in [0.05, 0.1) is 5.69 Å². The molecular weight excluding hydrogens is 735 g/mol. The molecule has 0 spiro atoms. The van der Waals surface area contributed by atoms with Gasteiger partial charge in [0, 0.05) is 23.2 Å². The predicted octanol–water partition coefficient (Wildman–Crippen LogP) is 15.7. The van der Waals surface area contributed by atoms with Crippen LogP contribution in [0, 0.1) is 0 Å². The molecule has 1 heteroatoms. The van der Waals surface area contributed by atoms with E-state index in [1.54, 1.807) is 0 Å². The molecular formula is C60H45N. The summed E-state index contributed by atoms with van der Waals surface area (Å²) in [5.41, 5.74) is 25.3. The molecule has 1 nitrogen and oxygen atoms in total. The lowest BCUT2D eigenvalue weighted by atomic mass is 9.59. The Morgan fingerprint density at radius 1 is 0.311 bits per heavy atom. The number of nitrogens with zero attached hydrogens (tertiary/aromatic N) is 1. The first-order valence-electron chi connectivity index (χ1n) is 22.0. The van der Waals surface area contributed by atoms with Crippen LogP contribution >= 0.6 is 0 Å². The second kappa shape index (κ2) is 14.8. The van der Waals surface area contributed by atoms with E-state index < -0.39 is 0 Å². The van der Waals surface area contributed by atoms with E-state index in [0.29, 0.717) is 0 Å². The summed E-state index contributed by atoms with van der Waals surface area (Å²) in [6, 6.07) is 79.6. The number of rotatable bonds is 6. The highest BCUT2D eigenvalue weighted by Gasteiger charge is 2.44. The molecule has 9 aromatic carbocycles. The average molecular weight is 780 g/mol. The van der Waals surface area contributed by atoms with Crippen LogP contribution in [0.25, 0.3) is 44.5 Å². The summed E-state index contributed by atoms with van der Waals surface area (Å²) in [6.45, 7) is 0. The number of hydrogen-bond donors (Lipinski definition) is 0. The van der Waals surface area contributed by atoms with Gasteiger partial charge < -0.3 is 4.90 Å². The fourth-order valence-electron chi connectivity index (χ4n) is 10.9. The average Bonchev–Trinajstić information content (AvgIpc) is 3.33. The van der Waals surface area contributed by atoms with Gasteiger partial charge in [-0.1, -0.05) is 182 Å². The quantitative estimate of drug-likeness (QED) is 0.162. The molecule has 0 amide bonds. The van der Waals surface area contributed by atoms with E-state index in [-0.39, 0.29) is 11.8 Å². The van der Waals surface area contributed by atoms with Crippen molar-refractivity contribution >= 4 is 17.1 Å². The second-order valence-corrected chi connectivity index (χ2v) is 17.0. The van der Waals surface area contributed by atoms with Gasteiger partial charge in [-0.3, -0.25) is 0 Å². The van der Waals surface area contributed by atoms with Gasteiger partial charge in [-0.15, -0.1) is 0 Å². The van der Waals surface area contributed by atoms with E-state index in [1.165, 1.54) is 108 Å². The first-order valence-corrected chi connectivity index (χ1v) is 22.0. The van der Waals surface area contributed by atoms with Gasteiger partial charge in [-0.05, 0) is 145 Å². The molecule has 290 valence electrons. The van der Waals surface area contributed by atoms with Crippen molar-refractivity contribution in [2.75, 3.05) is 4.90 Å². The molecule has 0 heterocycles. The Morgan fingerprint density at radius 2 is 0.754 bits per heavy atom. The molecule has 0 atom stereocenters. The van der Waals surface area contributed by atoms with Crippen LogP contribution in [0.5, 0.6) is 0 Å². The molecule has 4 aliphatic rings. The van der Waals surface area contributed by atoms with Gasteiger partial charge in [0.1, 0.15) is 0 Å².